The van der Waals surface area contributed by atoms with Gasteiger partial charge in [0.05, 0.1) is 0 Å². The van der Waals surface area contributed by atoms with Crippen molar-refractivity contribution < 1.29 is 24.2 Å². The number of ether oxygens (including phenoxy) is 1. The van der Waals surface area contributed by atoms with Gasteiger partial charge in [0.1, 0.15) is 18.2 Å². The first-order valence-corrected chi connectivity index (χ1v) is 12.0. The van der Waals surface area contributed by atoms with Crippen LogP contribution >= 0.6 is 0 Å². The second kappa shape index (κ2) is 8.46. The number of piperidine rings is 1. The van der Waals surface area contributed by atoms with Gasteiger partial charge in [-0.15, -0.1) is 0 Å². The predicted octanol–water partition coefficient (Wildman–Crippen LogP) is 4.02. The average Bonchev–Trinajstić information content (AvgIpc) is 3.51. The van der Waals surface area contributed by atoms with Gasteiger partial charge in [0.15, 0.2) is 0 Å². The summed E-state index contributed by atoms with van der Waals surface area (Å²) in [5.41, 5.74) is 3.41. The molecule has 1 aliphatic heterocycles. The van der Waals surface area contributed by atoms with Crippen LogP contribution in [-0.2, 0) is 14.3 Å². The van der Waals surface area contributed by atoms with E-state index >= 15 is 0 Å². The van der Waals surface area contributed by atoms with Crippen molar-refractivity contribution in [2.45, 2.75) is 50.6 Å². The standard InChI is InChI=1S/C27H30N2O5/c1-16(2)23(24(30)29-13-7-8-17-14-27(17,29)25(31)32)28-26(33)34-15-22-20-11-5-3-9-18(20)19-10-4-6-12-21(19)22/h3-6,9-12,16-17,22-23H,7-8,13-15H2,1-2H3,(H,28,33)(H,31,32)/t17-,23+,27+/m1/s1. The monoisotopic (exact) mass is 462 g/mol. The van der Waals surface area contributed by atoms with Gasteiger partial charge in [-0.1, -0.05) is 62.4 Å². The Bertz CT molecular complexity index is 1100. The van der Waals surface area contributed by atoms with Crippen LogP contribution in [-0.4, -0.2) is 52.7 Å². The molecule has 1 saturated carbocycles. The summed E-state index contributed by atoms with van der Waals surface area (Å²) in [6.45, 7) is 4.24. The highest BCUT2D eigenvalue weighted by atomic mass is 16.5. The smallest absolute Gasteiger partial charge is 0.407 e. The number of hydrogen-bond donors (Lipinski definition) is 2. The number of aliphatic carboxylic acids is 1. The summed E-state index contributed by atoms with van der Waals surface area (Å²) in [7, 11) is 0. The molecule has 34 heavy (non-hydrogen) atoms. The summed E-state index contributed by atoms with van der Waals surface area (Å²) in [6.07, 6.45) is 1.43. The maximum Gasteiger partial charge on any atom is 0.407 e. The zero-order chi connectivity index (χ0) is 24.0. The fourth-order valence-electron chi connectivity index (χ4n) is 5.82. The zero-order valence-corrected chi connectivity index (χ0v) is 19.5. The summed E-state index contributed by atoms with van der Waals surface area (Å²) in [4.78, 5) is 39.7. The van der Waals surface area contributed by atoms with Crippen molar-refractivity contribution in [2.24, 2.45) is 11.8 Å². The van der Waals surface area contributed by atoms with E-state index in [4.69, 9.17) is 4.74 Å². The third kappa shape index (κ3) is 3.54. The summed E-state index contributed by atoms with van der Waals surface area (Å²) < 4.78 is 5.63. The minimum absolute atomic E-state index is 0.00460. The maximum absolute atomic E-state index is 13.4. The number of rotatable bonds is 6. The molecular formula is C27H30N2O5. The summed E-state index contributed by atoms with van der Waals surface area (Å²) in [5.74, 6) is -1.57. The quantitative estimate of drug-likeness (QED) is 0.676. The Morgan fingerprint density at radius 3 is 2.29 bits per heavy atom. The third-order valence-corrected chi connectivity index (χ3v) is 7.67. The second-order valence-corrected chi connectivity index (χ2v) is 9.95. The van der Waals surface area contributed by atoms with Gasteiger partial charge in [0.2, 0.25) is 5.91 Å². The first kappa shape index (κ1) is 22.4. The number of carbonyl (C=O) groups excluding carboxylic acids is 2. The van der Waals surface area contributed by atoms with E-state index in [9.17, 15) is 19.5 Å². The van der Waals surface area contributed by atoms with E-state index in [-0.39, 0.29) is 30.3 Å². The van der Waals surface area contributed by atoms with Crippen LogP contribution in [0.4, 0.5) is 4.79 Å². The fourth-order valence-corrected chi connectivity index (χ4v) is 5.82. The number of nitrogens with zero attached hydrogens (tertiary/aromatic N) is 1. The van der Waals surface area contributed by atoms with E-state index in [2.05, 4.69) is 29.6 Å². The number of likely N-dealkylation sites (tertiary alicyclic amines) is 1. The fraction of sp³-hybridized carbons (Fsp3) is 0.444. The molecule has 1 heterocycles. The van der Waals surface area contributed by atoms with Crippen molar-refractivity contribution in [2.75, 3.05) is 13.2 Å². The predicted molar refractivity (Wildman–Crippen MR) is 126 cm³/mol. The maximum atomic E-state index is 13.4. The number of carboxylic acid groups (broad SMARTS) is 1. The van der Waals surface area contributed by atoms with Gasteiger partial charge in [0.25, 0.3) is 0 Å². The van der Waals surface area contributed by atoms with Gasteiger partial charge < -0.3 is 20.1 Å². The minimum Gasteiger partial charge on any atom is -0.479 e. The summed E-state index contributed by atoms with van der Waals surface area (Å²) in [5, 5.41) is 12.6. The number of carbonyl (C=O) groups is 3. The largest absolute Gasteiger partial charge is 0.479 e. The van der Waals surface area contributed by atoms with Crippen molar-refractivity contribution in [1.29, 1.82) is 0 Å². The van der Waals surface area contributed by atoms with Crippen LogP contribution in [0.1, 0.15) is 50.2 Å². The van der Waals surface area contributed by atoms with Crippen molar-refractivity contribution in [3.8, 4) is 11.1 Å². The number of alkyl carbamates (subject to hydrolysis) is 1. The van der Waals surface area contributed by atoms with Crippen LogP contribution in [0.2, 0.25) is 0 Å². The van der Waals surface area contributed by atoms with E-state index in [1.165, 1.54) is 4.90 Å². The van der Waals surface area contributed by atoms with Crippen LogP contribution < -0.4 is 5.32 Å². The number of carboxylic acids is 1. The first-order chi connectivity index (χ1) is 16.3. The van der Waals surface area contributed by atoms with Crippen LogP contribution in [0.3, 0.4) is 0 Å². The Labute approximate surface area is 199 Å². The SMILES string of the molecule is CC(C)[C@H](NC(=O)OCC1c2ccccc2-c2ccccc21)C(=O)N1CCC[C@@H]2C[C@@]21C(=O)O. The van der Waals surface area contributed by atoms with Crippen LogP contribution in [0.5, 0.6) is 0 Å². The van der Waals surface area contributed by atoms with Gasteiger partial charge >= 0.3 is 12.1 Å². The third-order valence-electron chi connectivity index (χ3n) is 7.67. The van der Waals surface area contributed by atoms with E-state index in [0.29, 0.717) is 13.0 Å². The average molecular weight is 463 g/mol. The molecule has 3 atom stereocenters. The van der Waals surface area contributed by atoms with Crippen molar-refractivity contribution in [3.63, 3.8) is 0 Å². The lowest BCUT2D eigenvalue weighted by atomic mass is 9.97. The number of benzene rings is 2. The molecule has 2 aliphatic carbocycles. The number of hydrogen-bond acceptors (Lipinski definition) is 4. The molecule has 5 rings (SSSR count). The highest BCUT2D eigenvalue weighted by Gasteiger charge is 2.67. The molecule has 0 spiro atoms. The second-order valence-electron chi connectivity index (χ2n) is 9.95. The Hall–Kier alpha value is -3.35. The Kier molecular flexibility index (Phi) is 5.58. The Morgan fingerprint density at radius 1 is 1.09 bits per heavy atom. The zero-order valence-electron chi connectivity index (χ0n) is 19.5. The summed E-state index contributed by atoms with van der Waals surface area (Å²) in [6, 6.07) is 15.4. The topological polar surface area (TPSA) is 95.9 Å². The molecule has 1 saturated heterocycles. The molecule has 3 aliphatic rings. The van der Waals surface area contributed by atoms with Gasteiger partial charge in [-0.2, -0.15) is 0 Å². The Morgan fingerprint density at radius 2 is 1.71 bits per heavy atom. The van der Waals surface area contributed by atoms with Gasteiger partial charge in [-0.05, 0) is 53.4 Å². The van der Waals surface area contributed by atoms with E-state index in [0.717, 1.165) is 35.1 Å². The van der Waals surface area contributed by atoms with E-state index < -0.39 is 23.6 Å². The molecule has 0 unspecified atom stereocenters. The van der Waals surface area contributed by atoms with Gasteiger partial charge in [-0.25, -0.2) is 9.59 Å². The van der Waals surface area contributed by atoms with Crippen molar-refractivity contribution in [3.05, 3.63) is 59.7 Å². The molecule has 0 aromatic heterocycles. The van der Waals surface area contributed by atoms with Crippen LogP contribution in [0, 0.1) is 11.8 Å². The number of nitrogens with one attached hydrogen (secondary N) is 1. The lowest BCUT2D eigenvalue weighted by molar-refractivity contribution is -0.156. The summed E-state index contributed by atoms with van der Waals surface area (Å²) >= 11 is 0. The van der Waals surface area contributed by atoms with Gasteiger partial charge in [0, 0.05) is 12.5 Å². The Balaban J connectivity index is 1.28. The van der Waals surface area contributed by atoms with E-state index in [1.54, 1.807) is 0 Å². The molecular weight excluding hydrogens is 432 g/mol. The normalized spacial score (nSPS) is 23.5. The van der Waals surface area contributed by atoms with E-state index in [1.807, 2.05) is 38.1 Å². The molecule has 2 aromatic rings. The number of fused-ring (bicyclic) bond motifs is 4. The minimum atomic E-state index is -1.11. The highest BCUT2D eigenvalue weighted by Crippen LogP contribution is 2.54. The number of amides is 2. The molecule has 2 amide bonds. The molecule has 0 radical (unpaired) electrons. The molecule has 2 N–H and O–H groups in total. The van der Waals surface area contributed by atoms with Crippen molar-refractivity contribution >= 4 is 18.0 Å². The lowest BCUT2D eigenvalue weighted by Gasteiger charge is -2.37. The molecule has 0 bridgehead atoms. The van der Waals surface area contributed by atoms with Crippen molar-refractivity contribution in [1.82, 2.24) is 10.2 Å². The molecule has 7 heteroatoms. The highest BCUT2D eigenvalue weighted by molar-refractivity contribution is 5.94. The van der Waals surface area contributed by atoms with Gasteiger partial charge in [-0.3, -0.25) is 4.79 Å². The molecule has 2 aromatic carbocycles. The van der Waals surface area contributed by atoms with Crippen LogP contribution in [0.25, 0.3) is 11.1 Å². The van der Waals surface area contributed by atoms with Crippen LogP contribution in [0.15, 0.2) is 48.5 Å². The lowest BCUT2D eigenvalue weighted by Crippen LogP contribution is -2.59. The molecule has 178 valence electrons. The first-order valence-electron chi connectivity index (χ1n) is 12.0. The molecule has 2 fully saturated rings. The molecule has 7 nitrogen and oxygen atoms in total.